The molecule has 1 N–H and O–H groups in total. The second kappa shape index (κ2) is 7.87. The van der Waals surface area contributed by atoms with Crippen LogP contribution in [-0.4, -0.2) is 46.7 Å². The largest absolute Gasteiger partial charge is 0.349 e. The number of fused-ring (bicyclic) bond motifs is 1. The zero-order chi connectivity index (χ0) is 20.5. The predicted octanol–water partition coefficient (Wildman–Crippen LogP) is 1.84. The minimum atomic E-state index is -3.10. The van der Waals surface area contributed by atoms with Crippen molar-refractivity contribution in [3.63, 3.8) is 0 Å². The van der Waals surface area contributed by atoms with Gasteiger partial charge < -0.3 is 5.32 Å². The number of hydrogen-bond donors (Lipinski definition) is 1. The van der Waals surface area contributed by atoms with Crippen LogP contribution in [0.2, 0.25) is 0 Å². The average molecular weight is 424 g/mol. The number of amides is 1. The van der Waals surface area contributed by atoms with Crippen LogP contribution in [0.25, 0.3) is 10.9 Å². The van der Waals surface area contributed by atoms with Crippen molar-refractivity contribution in [2.24, 2.45) is 5.92 Å². The molecule has 1 aromatic heterocycles. The highest BCUT2D eigenvalue weighted by Crippen LogP contribution is 2.24. The van der Waals surface area contributed by atoms with E-state index in [4.69, 9.17) is 0 Å². The summed E-state index contributed by atoms with van der Waals surface area (Å²) in [6.45, 7) is 6.30. The van der Waals surface area contributed by atoms with Crippen molar-refractivity contribution >= 4 is 38.4 Å². The average Bonchev–Trinajstić information content (AvgIpc) is 2.88. The third kappa shape index (κ3) is 4.75. The standard InChI is InChI=1S/C19H25N3O4S2/c1-13(2)10-22-17(24)14-6-4-5-7-15(14)20-18(22)27-11-16(23)21-19(3)8-9-28(25,26)12-19/h4-7,13H,8-12H2,1-3H3,(H,21,23)/t19-/m1/s1. The maximum Gasteiger partial charge on any atom is 0.262 e. The van der Waals surface area contributed by atoms with E-state index in [0.29, 0.717) is 29.0 Å². The lowest BCUT2D eigenvalue weighted by molar-refractivity contribution is -0.120. The van der Waals surface area contributed by atoms with E-state index in [9.17, 15) is 18.0 Å². The molecule has 0 saturated carbocycles. The number of nitrogens with one attached hydrogen (secondary N) is 1. The highest BCUT2D eigenvalue weighted by molar-refractivity contribution is 7.99. The van der Waals surface area contributed by atoms with Crippen LogP contribution in [0.15, 0.2) is 34.2 Å². The summed E-state index contributed by atoms with van der Waals surface area (Å²) in [5, 5.41) is 3.89. The molecule has 2 heterocycles. The lowest BCUT2D eigenvalue weighted by Gasteiger charge is -2.23. The maximum absolute atomic E-state index is 12.9. The lowest BCUT2D eigenvalue weighted by Crippen LogP contribution is -2.47. The van der Waals surface area contributed by atoms with Crippen LogP contribution in [0.1, 0.15) is 27.2 Å². The summed E-state index contributed by atoms with van der Waals surface area (Å²) < 4.78 is 25.0. The van der Waals surface area contributed by atoms with Crippen molar-refractivity contribution in [2.45, 2.75) is 44.4 Å². The van der Waals surface area contributed by atoms with Crippen molar-refractivity contribution in [3.05, 3.63) is 34.6 Å². The number of para-hydroxylation sites is 1. The number of nitrogens with zero attached hydrogens (tertiary/aromatic N) is 2. The molecule has 0 bridgehead atoms. The Bertz CT molecular complexity index is 1060. The molecule has 1 fully saturated rings. The molecule has 0 unspecified atom stereocenters. The third-order valence-electron chi connectivity index (χ3n) is 4.65. The van der Waals surface area contributed by atoms with Crippen molar-refractivity contribution in [1.29, 1.82) is 0 Å². The van der Waals surface area contributed by atoms with Crippen LogP contribution in [-0.2, 0) is 21.2 Å². The molecule has 3 rings (SSSR count). The summed E-state index contributed by atoms with van der Waals surface area (Å²) in [5.74, 6) is 0.109. The minimum absolute atomic E-state index is 0.0390. The van der Waals surface area contributed by atoms with Gasteiger partial charge in [-0.15, -0.1) is 0 Å². The van der Waals surface area contributed by atoms with Gasteiger partial charge in [-0.1, -0.05) is 37.7 Å². The van der Waals surface area contributed by atoms with Gasteiger partial charge in [-0.2, -0.15) is 0 Å². The summed E-state index contributed by atoms with van der Waals surface area (Å²) in [6, 6.07) is 7.17. The van der Waals surface area contributed by atoms with Gasteiger partial charge in [0.25, 0.3) is 5.56 Å². The normalized spacial score (nSPS) is 21.3. The van der Waals surface area contributed by atoms with Gasteiger partial charge in [0.05, 0.1) is 33.7 Å². The SMILES string of the molecule is CC(C)Cn1c(SCC(=O)N[C@]2(C)CCS(=O)(=O)C2)nc2ccccc2c1=O. The molecule has 1 aromatic carbocycles. The van der Waals surface area contributed by atoms with E-state index in [1.807, 2.05) is 26.0 Å². The van der Waals surface area contributed by atoms with Crippen LogP contribution in [0.5, 0.6) is 0 Å². The first-order valence-electron chi connectivity index (χ1n) is 9.22. The van der Waals surface area contributed by atoms with Gasteiger partial charge in [0.1, 0.15) is 0 Å². The Morgan fingerprint density at radius 1 is 1.36 bits per heavy atom. The molecule has 152 valence electrons. The van der Waals surface area contributed by atoms with E-state index >= 15 is 0 Å². The second-order valence-corrected chi connectivity index (χ2v) is 11.1. The molecule has 28 heavy (non-hydrogen) atoms. The molecular weight excluding hydrogens is 398 g/mol. The molecule has 9 heteroatoms. The van der Waals surface area contributed by atoms with Crippen molar-refractivity contribution in [3.8, 4) is 0 Å². The maximum atomic E-state index is 12.9. The highest BCUT2D eigenvalue weighted by atomic mass is 32.2. The van der Waals surface area contributed by atoms with E-state index in [1.165, 1.54) is 11.8 Å². The summed E-state index contributed by atoms with van der Waals surface area (Å²) in [7, 11) is -3.10. The molecular formula is C19H25N3O4S2. The Hall–Kier alpha value is -1.87. The fourth-order valence-electron chi connectivity index (χ4n) is 3.40. The number of thioether (sulfide) groups is 1. The number of carbonyl (C=O) groups excluding carboxylic acids is 1. The van der Waals surface area contributed by atoms with E-state index in [-0.39, 0.29) is 34.6 Å². The summed E-state index contributed by atoms with van der Waals surface area (Å²) in [5.41, 5.74) is -0.245. The predicted molar refractivity (Wildman–Crippen MR) is 111 cm³/mol. The zero-order valence-corrected chi connectivity index (χ0v) is 17.9. The van der Waals surface area contributed by atoms with Crippen molar-refractivity contribution in [1.82, 2.24) is 14.9 Å². The quantitative estimate of drug-likeness (QED) is 0.562. The van der Waals surface area contributed by atoms with Gasteiger partial charge in [-0.05, 0) is 31.4 Å². The van der Waals surface area contributed by atoms with Gasteiger partial charge in [-0.25, -0.2) is 13.4 Å². The molecule has 1 saturated heterocycles. The van der Waals surface area contributed by atoms with Crippen molar-refractivity contribution < 1.29 is 13.2 Å². The van der Waals surface area contributed by atoms with Gasteiger partial charge in [-0.3, -0.25) is 14.2 Å². The molecule has 0 aliphatic carbocycles. The highest BCUT2D eigenvalue weighted by Gasteiger charge is 2.39. The first-order chi connectivity index (χ1) is 13.1. The van der Waals surface area contributed by atoms with Crippen LogP contribution >= 0.6 is 11.8 Å². The molecule has 2 aromatic rings. The monoisotopic (exact) mass is 423 g/mol. The van der Waals surface area contributed by atoms with Crippen LogP contribution < -0.4 is 10.9 Å². The molecule has 1 aliphatic heterocycles. The topological polar surface area (TPSA) is 98.1 Å². The van der Waals surface area contributed by atoms with Crippen molar-refractivity contribution in [2.75, 3.05) is 17.3 Å². The Labute approximate surface area is 168 Å². The number of hydrogen-bond acceptors (Lipinski definition) is 6. The molecule has 1 atom stereocenters. The third-order valence-corrected chi connectivity index (χ3v) is 7.53. The number of sulfone groups is 1. The van der Waals surface area contributed by atoms with Gasteiger partial charge in [0, 0.05) is 6.54 Å². The number of benzene rings is 1. The summed E-state index contributed by atoms with van der Waals surface area (Å²) >= 11 is 1.20. The van der Waals surface area contributed by atoms with Crippen LogP contribution in [0.4, 0.5) is 0 Å². The molecule has 0 spiro atoms. The van der Waals surface area contributed by atoms with Crippen LogP contribution in [0.3, 0.4) is 0 Å². The van der Waals surface area contributed by atoms with E-state index < -0.39 is 15.4 Å². The zero-order valence-electron chi connectivity index (χ0n) is 16.3. The summed E-state index contributed by atoms with van der Waals surface area (Å²) in [4.78, 5) is 29.9. The number of aromatic nitrogens is 2. The Morgan fingerprint density at radius 2 is 2.07 bits per heavy atom. The van der Waals surface area contributed by atoms with Gasteiger partial charge in [0.2, 0.25) is 5.91 Å². The lowest BCUT2D eigenvalue weighted by atomic mass is 10.0. The van der Waals surface area contributed by atoms with Crippen LogP contribution in [0, 0.1) is 5.92 Å². The number of carbonyl (C=O) groups is 1. The van der Waals surface area contributed by atoms with E-state index in [0.717, 1.165) is 0 Å². The fraction of sp³-hybridized carbons (Fsp3) is 0.526. The van der Waals surface area contributed by atoms with Gasteiger partial charge >= 0.3 is 0 Å². The molecule has 1 amide bonds. The fourth-order valence-corrected chi connectivity index (χ4v) is 6.30. The van der Waals surface area contributed by atoms with E-state index in [2.05, 4.69) is 10.3 Å². The first-order valence-corrected chi connectivity index (χ1v) is 12.0. The number of rotatable bonds is 6. The molecule has 0 radical (unpaired) electrons. The Kier molecular flexibility index (Phi) is 5.86. The molecule has 7 nitrogen and oxygen atoms in total. The second-order valence-electron chi connectivity index (χ2n) is 7.96. The van der Waals surface area contributed by atoms with Gasteiger partial charge in [0.15, 0.2) is 15.0 Å². The molecule has 1 aliphatic rings. The Morgan fingerprint density at radius 3 is 2.71 bits per heavy atom. The Balaban J connectivity index is 1.80. The first kappa shape index (κ1) is 20.9. The van der Waals surface area contributed by atoms with E-state index in [1.54, 1.807) is 23.6 Å². The smallest absolute Gasteiger partial charge is 0.262 e. The summed E-state index contributed by atoms with van der Waals surface area (Å²) in [6.07, 6.45) is 0.415. The minimum Gasteiger partial charge on any atom is -0.349 e.